The lowest BCUT2D eigenvalue weighted by molar-refractivity contribution is 0.420. The van der Waals surface area contributed by atoms with Crippen LogP contribution >= 0.6 is 0 Å². The maximum absolute atomic E-state index is 15.2. The van der Waals surface area contributed by atoms with E-state index in [-0.39, 0.29) is 5.82 Å². The van der Waals surface area contributed by atoms with Crippen LogP contribution in [0.1, 0.15) is 81.0 Å². The fraction of sp³-hybridized carbons (Fsp3) is 0.414. The van der Waals surface area contributed by atoms with Gasteiger partial charge in [0.2, 0.25) is 0 Å². The summed E-state index contributed by atoms with van der Waals surface area (Å²) in [7, 11) is 0. The smallest absolute Gasteiger partial charge is 0.131 e. The number of rotatable bonds is 7. The predicted octanol–water partition coefficient (Wildman–Crippen LogP) is 8.54. The Labute approximate surface area is 181 Å². The molecule has 0 spiro atoms. The Morgan fingerprint density at radius 3 is 2.70 bits per heavy atom. The van der Waals surface area contributed by atoms with Gasteiger partial charge in [-0.15, -0.1) is 5.73 Å². The summed E-state index contributed by atoms with van der Waals surface area (Å²) in [6.07, 6.45) is 12.6. The Bertz CT molecular complexity index is 1020. The predicted molar refractivity (Wildman–Crippen MR) is 127 cm³/mol. The molecule has 0 aliphatic heterocycles. The summed E-state index contributed by atoms with van der Waals surface area (Å²) < 4.78 is 15.2. The van der Waals surface area contributed by atoms with Crippen molar-refractivity contribution in [3.05, 3.63) is 76.3 Å². The zero-order valence-electron chi connectivity index (χ0n) is 18.5. The van der Waals surface area contributed by atoms with Crippen LogP contribution in [0.3, 0.4) is 0 Å². The minimum absolute atomic E-state index is 0.0952. The molecule has 0 saturated heterocycles. The fourth-order valence-electron chi connectivity index (χ4n) is 5.30. The Hall–Kier alpha value is -2.37. The quantitative estimate of drug-likeness (QED) is 0.408. The van der Waals surface area contributed by atoms with E-state index in [1.54, 1.807) is 6.07 Å². The van der Waals surface area contributed by atoms with Crippen molar-refractivity contribution in [3.63, 3.8) is 0 Å². The zero-order valence-corrected chi connectivity index (χ0v) is 18.5. The molecule has 0 aromatic heterocycles. The van der Waals surface area contributed by atoms with E-state index in [1.807, 2.05) is 6.07 Å². The normalized spacial score (nSPS) is 15.6. The molecular weight excluding hydrogens is 367 g/mol. The maximum Gasteiger partial charge on any atom is 0.131 e. The average molecular weight is 401 g/mol. The van der Waals surface area contributed by atoms with Gasteiger partial charge in [0.05, 0.1) is 0 Å². The molecule has 2 aromatic carbocycles. The monoisotopic (exact) mass is 400 g/mol. The minimum atomic E-state index is -0.0952. The number of fused-ring (bicyclic) bond motifs is 5. The average Bonchev–Trinajstić information content (AvgIpc) is 3.09. The van der Waals surface area contributed by atoms with E-state index in [1.165, 1.54) is 59.9 Å². The van der Waals surface area contributed by atoms with Crippen molar-refractivity contribution >= 4 is 11.6 Å². The van der Waals surface area contributed by atoms with Crippen molar-refractivity contribution in [2.24, 2.45) is 5.92 Å². The van der Waals surface area contributed by atoms with Crippen molar-refractivity contribution < 1.29 is 4.39 Å². The molecule has 0 N–H and O–H groups in total. The van der Waals surface area contributed by atoms with Gasteiger partial charge in [-0.1, -0.05) is 82.0 Å². The maximum atomic E-state index is 15.2. The standard InChI is InChI=1S/C29H33F/c1-4-7-9-20(5-2)12-13-21-18-23-10-8-11-27(30)29(23)28-24(19-21)15-16-25-22(6-3)14-17-26(25)28/h8,10-11,15-16,19-20H,3-5,7,9,12-14,17-18H2,1-2H3. The van der Waals surface area contributed by atoms with Gasteiger partial charge < -0.3 is 0 Å². The largest absolute Gasteiger partial charge is 0.206 e. The lowest BCUT2D eigenvalue weighted by Crippen LogP contribution is -2.01. The van der Waals surface area contributed by atoms with Crippen LogP contribution in [0.4, 0.5) is 4.39 Å². The van der Waals surface area contributed by atoms with E-state index in [0.29, 0.717) is 0 Å². The number of hydrogen-bond acceptors (Lipinski definition) is 0. The number of unbranched alkanes of at least 4 members (excludes halogenated alkanes) is 1. The van der Waals surface area contributed by atoms with E-state index in [2.05, 4.69) is 50.4 Å². The molecule has 4 rings (SSSR count). The molecule has 0 saturated carbocycles. The molecule has 0 heterocycles. The highest BCUT2D eigenvalue weighted by Crippen LogP contribution is 2.45. The van der Waals surface area contributed by atoms with Crippen LogP contribution in [0.2, 0.25) is 0 Å². The van der Waals surface area contributed by atoms with Crippen LogP contribution in [-0.4, -0.2) is 0 Å². The van der Waals surface area contributed by atoms with Crippen molar-refractivity contribution in [1.29, 1.82) is 0 Å². The first-order valence-corrected chi connectivity index (χ1v) is 11.7. The second kappa shape index (κ2) is 9.19. The molecule has 2 aliphatic rings. The second-order valence-corrected chi connectivity index (χ2v) is 8.92. The molecule has 0 bridgehead atoms. The summed E-state index contributed by atoms with van der Waals surface area (Å²) in [5.41, 5.74) is 12.4. The zero-order chi connectivity index (χ0) is 21.1. The van der Waals surface area contributed by atoms with E-state index < -0.39 is 0 Å². The third kappa shape index (κ3) is 3.96. The molecule has 1 unspecified atom stereocenters. The van der Waals surface area contributed by atoms with Gasteiger partial charge in [-0.2, -0.15) is 0 Å². The van der Waals surface area contributed by atoms with Gasteiger partial charge in [0.15, 0.2) is 0 Å². The summed E-state index contributed by atoms with van der Waals surface area (Å²) in [4.78, 5) is 0. The summed E-state index contributed by atoms with van der Waals surface area (Å²) in [5, 5.41) is 0. The van der Waals surface area contributed by atoms with Crippen LogP contribution in [0.15, 0.2) is 48.2 Å². The second-order valence-electron chi connectivity index (χ2n) is 8.92. The number of hydrogen-bond donors (Lipinski definition) is 0. The van der Waals surface area contributed by atoms with Crippen molar-refractivity contribution in [3.8, 4) is 11.1 Å². The molecule has 0 radical (unpaired) electrons. The van der Waals surface area contributed by atoms with Gasteiger partial charge >= 0.3 is 0 Å². The molecule has 2 aromatic rings. The summed E-state index contributed by atoms with van der Waals surface area (Å²) in [5.74, 6) is 0.697. The van der Waals surface area contributed by atoms with Gasteiger partial charge in [-0.05, 0) is 71.9 Å². The van der Waals surface area contributed by atoms with Crippen molar-refractivity contribution in [2.45, 2.75) is 71.6 Å². The van der Waals surface area contributed by atoms with E-state index in [0.717, 1.165) is 48.3 Å². The Morgan fingerprint density at radius 1 is 1.07 bits per heavy atom. The molecule has 0 fully saturated rings. The van der Waals surface area contributed by atoms with Crippen molar-refractivity contribution in [1.82, 2.24) is 0 Å². The van der Waals surface area contributed by atoms with Crippen LogP contribution in [0.25, 0.3) is 22.8 Å². The summed E-state index contributed by atoms with van der Waals surface area (Å²) in [6.45, 7) is 8.46. The number of allylic oxidation sites excluding steroid dienone is 2. The van der Waals surface area contributed by atoms with Gasteiger partial charge in [0.25, 0.3) is 0 Å². The first-order valence-electron chi connectivity index (χ1n) is 11.7. The Kier molecular flexibility index (Phi) is 6.40. The highest BCUT2D eigenvalue weighted by atomic mass is 19.1. The summed E-state index contributed by atoms with van der Waals surface area (Å²) in [6, 6.07) is 9.99. The van der Waals surface area contributed by atoms with Crippen LogP contribution < -0.4 is 0 Å². The van der Waals surface area contributed by atoms with Gasteiger partial charge in [-0.25, -0.2) is 4.39 Å². The lowest BCUT2D eigenvalue weighted by atomic mass is 9.89. The lowest BCUT2D eigenvalue weighted by Gasteiger charge is -2.16. The minimum Gasteiger partial charge on any atom is -0.206 e. The van der Waals surface area contributed by atoms with E-state index >= 15 is 4.39 Å². The van der Waals surface area contributed by atoms with Crippen LogP contribution in [0.5, 0.6) is 0 Å². The first kappa shape index (κ1) is 20.9. The molecule has 0 nitrogen and oxygen atoms in total. The summed E-state index contributed by atoms with van der Waals surface area (Å²) >= 11 is 0. The third-order valence-electron chi connectivity index (χ3n) is 7.05. The Morgan fingerprint density at radius 2 is 1.93 bits per heavy atom. The molecule has 0 amide bonds. The highest BCUT2D eigenvalue weighted by Gasteiger charge is 2.27. The SMILES string of the molecule is C=C=C1CCc2c1ccc1c2-c2c(F)cccc2CC(CCC(CC)CCCC)=C1. The molecule has 30 heavy (non-hydrogen) atoms. The van der Waals surface area contributed by atoms with Gasteiger partial charge in [0, 0.05) is 11.1 Å². The highest BCUT2D eigenvalue weighted by molar-refractivity contribution is 5.89. The van der Waals surface area contributed by atoms with E-state index in [4.69, 9.17) is 0 Å². The van der Waals surface area contributed by atoms with Crippen molar-refractivity contribution in [2.75, 3.05) is 0 Å². The number of benzene rings is 2. The first-order chi connectivity index (χ1) is 14.7. The fourth-order valence-corrected chi connectivity index (χ4v) is 5.30. The molecular formula is C29H33F. The Balaban J connectivity index is 1.75. The topological polar surface area (TPSA) is 0 Å². The van der Waals surface area contributed by atoms with Gasteiger partial charge in [0.1, 0.15) is 5.82 Å². The molecule has 1 atom stereocenters. The molecule has 156 valence electrons. The van der Waals surface area contributed by atoms with Gasteiger partial charge in [-0.3, -0.25) is 0 Å². The molecule has 2 aliphatic carbocycles. The van der Waals surface area contributed by atoms with Crippen LogP contribution in [-0.2, 0) is 12.8 Å². The van der Waals surface area contributed by atoms with E-state index in [9.17, 15) is 0 Å². The third-order valence-corrected chi connectivity index (χ3v) is 7.05. The van der Waals surface area contributed by atoms with Crippen LogP contribution in [0, 0.1) is 11.7 Å². The number of halogens is 1. The molecule has 1 heteroatoms.